The molecule has 3 amide bonds. The summed E-state index contributed by atoms with van der Waals surface area (Å²) < 4.78 is 0.849. The van der Waals surface area contributed by atoms with Gasteiger partial charge in [-0.1, -0.05) is 18.2 Å². The molecule has 1 unspecified atom stereocenters. The van der Waals surface area contributed by atoms with Crippen molar-refractivity contribution in [3.8, 4) is 0 Å². The highest BCUT2D eigenvalue weighted by atomic mass is 79.9. The van der Waals surface area contributed by atoms with Crippen LogP contribution in [0.1, 0.15) is 36.5 Å². The van der Waals surface area contributed by atoms with Gasteiger partial charge in [0.1, 0.15) is 5.82 Å². The van der Waals surface area contributed by atoms with Gasteiger partial charge in [0.2, 0.25) is 11.8 Å². The summed E-state index contributed by atoms with van der Waals surface area (Å²) in [4.78, 5) is 43.2. The van der Waals surface area contributed by atoms with Gasteiger partial charge < -0.3 is 15.5 Å². The van der Waals surface area contributed by atoms with Crippen molar-refractivity contribution in [2.24, 2.45) is 5.92 Å². The van der Waals surface area contributed by atoms with Crippen LogP contribution in [-0.2, 0) is 9.59 Å². The molecule has 0 radical (unpaired) electrons. The number of carbonyl (C=O) groups excluding carboxylic acids is 3. The highest BCUT2D eigenvalue weighted by Gasteiger charge is 2.28. The first-order chi connectivity index (χ1) is 14.4. The van der Waals surface area contributed by atoms with Gasteiger partial charge in [-0.2, -0.15) is 0 Å². The molecular formula is C22H25BrN4O3. The number of aromatic nitrogens is 1. The maximum atomic E-state index is 12.6. The Morgan fingerprint density at radius 2 is 1.83 bits per heavy atom. The maximum Gasteiger partial charge on any atom is 0.251 e. The third-order valence-electron chi connectivity index (χ3n) is 5.09. The minimum Gasteiger partial charge on any atom is -0.349 e. The number of anilines is 1. The van der Waals surface area contributed by atoms with E-state index in [-0.39, 0.29) is 36.1 Å². The summed E-state index contributed by atoms with van der Waals surface area (Å²) >= 11 is 3.31. The van der Waals surface area contributed by atoms with Crippen molar-refractivity contribution in [3.63, 3.8) is 0 Å². The number of amides is 3. The van der Waals surface area contributed by atoms with Gasteiger partial charge in [-0.05, 0) is 60.0 Å². The summed E-state index contributed by atoms with van der Waals surface area (Å²) in [6.07, 6.45) is 3.09. The zero-order valence-electron chi connectivity index (χ0n) is 16.8. The first-order valence-corrected chi connectivity index (χ1v) is 10.8. The standard InChI is InChI=1S/C22H25BrN4O3/c1-15(25-21(29)16-5-3-2-4-6-16)13-20(28)27-11-9-17(10-12-27)22(30)26-19-8-7-18(23)14-24-19/h2-8,14-15,17H,9-13H2,1H3,(H,25,29)(H,24,26,30). The van der Waals surface area contributed by atoms with Gasteiger partial charge >= 0.3 is 0 Å². The zero-order valence-corrected chi connectivity index (χ0v) is 18.4. The average molecular weight is 473 g/mol. The molecule has 1 fully saturated rings. The van der Waals surface area contributed by atoms with E-state index in [4.69, 9.17) is 0 Å². The highest BCUT2D eigenvalue weighted by molar-refractivity contribution is 9.10. The third-order valence-corrected chi connectivity index (χ3v) is 5.56. The molecule has 0 saturated carbocycles. The van der Waals surface area contributed by atoms with Gasteiger partial charge in [0.25, 0.3) is 5.91 Å². The number of nitrogens with one attached hydrogen (secondary N) is 2. The van der Waals surface area contributed by atoms with Crippen LogP contribution in [-0.4, -0.2) is 46.7 Å². The Morgan fingerprint density at radius 3 is 2.47 bits per heavy atom. The molecule has 1 aliphatic rings. The fourth-order valence-corrected chi connectivity index (χ4v) is 3.64. The lowest BCUT2D eigenvalue weighted by atomic mass is 9.95. The molecule has 2 heterocycles. The average Bonchev–Trinajstić information content (AvgIpc) is 2.76. The van der Waals surface area contributed by atoms with Crippen molar-refractivity contribution in [2.45, 2.75) is 32.2 Å². The number of hydrogen-bond donors (Lipinski definition) is 2. The summed E-state index contributed by atoms with van der Waals surface area (Å²) in [5, 5.41) is 5.69. The van der Waals surface area contributed by atoms with E-state index in [0.717, 1.165) is 4.47 Å². The van der Waals surface area contributed by atoms with Gasteiger partial charge in [-0.3, -0.25) is 14.4 Å². The van der Waals surface area contributed by atoms with Crippen molar-refractivity contribution in [1.29, 1.82) is 0 Å². The molecule has 1 aliphatic heterocycles. The van der Waals surface area contributed by atoms with Gasteiger partial charge in [-0.25, -0.2) is 4.98 Å². The van der Waals surface area contributed by atoms with E-state index in [0.29, 0.717) is 37.3 Å². The monoisotopic (exact) mass is 472 g/mol. The van der Waals surface area contributed by atoms with E-state index in [1.54, 1.807) is 41.4 Å². The third kappa shape index (κ3) is 6.13. The second-order valence-corrected chi connectivity index (χ2v) is 8.37. The van der Waals surface area contributed by atoms with E-state index in [9.17, 15) is 14.4 Å². The number of likely N-dealkylation sites (tertiary alicyclic amines) is 1. The molecule has 0 bridgehead atoms. The number of hydrogen-bond acceptors (Lipinski definition) is 4. The number of piperidine rings is 1. The molecule has 1 aromatic carbocycles. The Labute approximate surface area is 184 Å². The molecule has 2 aromatic rings. The number of pyridine rings is 1. The number of carbonyl (C=O) groups is 3. The molecule has 0 aliphatic carbocycles. The van der Waals surface area contributed by atoms with Crippen molar-refractivity contribution in [3.05, 3.63) is 58.7 Å². The Hall–Kier alpha value is -2.74. The Kier molecular flexibility index (Phi) is 7.57. The van der Waals surface area contributed by atoms with Crippen LogP contribution in [0.2, 0.25) is 0 Å². The molecule has 1 saturated heterocycles. The Bertz CT molecular complexity index is 881. The zero-order chi connectivity index (χ0) is 21.5. The van der Waals surface area contributed by atoms with E-state index < -0.39 is 0 Å². The number of nitrogens with zero attached hydrogens (tertiary/aromatic N) is 2. The number of halogens is 1. The molecule has 158 valence electrons. The van der Waals surface area contributed by atoms with Gasteiger partial charge in [0, 0.05) is 47.7 Å². The normalized spacial score (nSPS) is 15.3. The van der Waals surface area contributed by atoms with Gasteiger partial charge in [-0.15, -0.1) is 0 Å². The van der Waals surface area contributed by atoms with Crippen LogP contribution in [0.25, 0.3) is 0 Å². The minimum absolute atomic E-state index is 0.00991. The fraction of sp³-hybridized carbons (Fsp3) is 0.364. The van der Waals surface area contributed by atoms with Crippen LogP contribution in [0.15, 0.2) is 53.1 Å². The molecular weight excluding hydrogens is 448 g/mol. The summed E-state index contributed by atoms with van der Waals surface area (Å²) in [7, 11) is 0. The summed E-state index contributed by atoms with van der Waals surface area (Å²) in [5.74, 6) is 0.108. The van der Waals surface area contributed by atoms with Crippen molar-refractivity contribution in [1.82, 2.24) is 15.2 Å². The Morgan fingerprint density at radius 1 is 1.13 bits per heavy atom. The first-order valence-electron chi connectivity index (χ1n) is 9.98. The van der Waals surface area contributed by atoms with E-state index in [1.807, 2.05) is 19.1 Å². The van der Waals surface area contributed by atoms with Crippen LogP contribution < -0.4 is 10.6 Å². The largest absolute Gasteiger partial charge is 0.349 e. The second kappa shape index (κ2) is 10.3. The SMILES string of the molecule is CC(CC(=O)N1CCC(C(=O)Nc2ccc(Br)cn2)CC1)NC(=O)c1ccccc1. The van der Waals surface area contributed by atoms with Crippen LogP contribution >= 0.6 is 15.9 Å². The quantitative estimate of drug-likeness (QED) is 0.674. The van der Waals surface area contributed by atoms with Crippen molar-refractivity contribution in [2.75, 3.05) is 18.4 Å². The lowest BCUT2D eigenvalue weighted by molar-refractivity contribution is -0.134. The van der Waals surface area contributed by atoms with E-state index >= 15 is 0 Å². The second-order valence-electron chi connectivity index (χ2n) is 7.45. The van der Waals surface area contributed by atoms with Gasteiger partial charge in [0.05, 0.1) is 0 Å². The van der Waals surface area contributed by atoms with Gasteiger partial charge in [0.15, 0.2) is 0 Å². The van der Waals surface area contributed by atoms with Crippen molar-refractivity contribution >= 4 is 39.5 Å². The number of rotatable bonds is 6. The predicted octanol–water partition coefficient (Wildman–Crippen LogP) is 3.23. The van der Waals surface area contributed by atoms with Crippen molar-refractivity contribution < 1.29 is 14.4 Å². The lowest BCUT2D eigenvalue weighted by Gasteiger charge is -2.32. The highest BCUT2D eigenvalue weighted by Crippen LogP contribution is 2.20. The van der Waals surface area contributed by atoms with E-state index in [1.165, 1.54) is 0 Å². The lowest BCUT2D eigenvalue weighted by Crippen LogP contribution is -2.44. The molecule has 3 rings (SSSR count). The van der Waals surface area contributed by atoms with Crippen LogP contribution in [0.5, 0.6) is 0 Å². The molecule has 30 heavy (non-hydrogen) atoms. The number of benzene rings is 1. The maximum absolute atomic E-state index is 12.6. The van der Waals surface area contributed by atoms with Crippen LogP contribution in [0, 0.1) is 5.92 Å². The topological polar surface area (TPSA) is 91.4 Å². The Balaban J connectivity index is 1.42. The summed E-state index contributed by atoms with van der Waals surface area (Å²) in [5.41, 5.74) is 0.573. The molecule has 2 N–H and O–H groups in total. The van der Waals surface area contributed by atoms with E-state index in [2.05, 4.69) is 31.5 Å². The molecule has 0 spiro atoms. The van der Waals surface area contributed by atoms with Crippen LogP contribution in [0.3, 0.4) is 0 Å². The minimum atomic E-state index is -0.269. The molecule has 8 heteroatoms. The smallest absolute Gasteiger partial charge is 0.251 e. The summed E-state index contributed by atoms with van der Waals surface area (Å²) in [6.45, 7) is 2.89. The molecule has 1 atom stereocenters. The predicted molar refractivity (Wildman–Crippen MR) is 118 cm³/mol. The summed E-state index contributed by atoms with van der Waals surface area (Å²) in [6, 6.07) is 12.2. The molecule has 7 nitrogen and oxygen atoms in total. The van der Waals surface area contributed by atoms with Crippen LogP contribution in [0.4, 0.5) is 5.82 Å². The first kappa shape index (κ1) is 22.0. The molecule has 1 aromatic heterocycles. The fourth-order valence-electron chi connectivity index (χ4n) is 3.41.